The number of hydrogen-bond acceptors (Lipinski definition) is 5. The zero-order valence-electron chi connectivity index (χ0n) is 18.4. The van der Waals surface area contributed by atoms with Gasteiger partial charge in [-0.3, -0.25) is 14.2 Å². The number of carbonyl (C=O) groups excluding carboxylic acids is 2. The van der Waals surface area contributed by atoms with E-state index in [0.717, 1.165) is 23.3 Å². The van der Waals surface area contributed by atoms with Crippen molar-refractivity contribution in [2.75, 3.05) is 6.61 Å². The Kier molecular flexibility index (Phi) is 5.34. The minimum absolute atomic E-state index is 0.0241. The predicted octanol–water partition coefficient (Wildman–Crippen LogP) is 4.95. The van der Waals surface area contributed by atoms with Crippen LogP contribution in [0.2, 0.25) is 0 Å². The van der Waals surface area contributed by atoms with E-state index in [1.165, 1.54) is 12.5 Å². The van der Waals surface area contributed by atoms with Gasteiger partial charge in [0.15, 0.2) is 0 Å². The zero-order valence-corrected chi connectivity index (χ0v) is 18.4. The maximum atomic E-state index is 13.3. The molecular formula is C27H23NO5. The first-order valence-corrected chi connectivity index (χ1v) is 10.8. The number of ether oxygens (including phenoxy) is 3. The van der Waals surface area contributed by atoms with Crippen LogP contribution in [0, 0.1) is 6.92 Å². The van der Waals surface area contributed by atoms with Crippen LogP contribution >= 0.6 is 0 Å². The van der Waals surface area contributed by atoms with Gasteiger partial charge in [0.05, 0.1) is 5.52 Å². The first-order chi connectivity index (χ1) is 16.0. The summed E-state index contributed by atoms with van der Waals surface area (Å²) in [6, 6.07) is 22.3. The van der Waals surface area contributed by atoms with Crippen molar-refractivity contribution in [3.8, 4) is 17.2 Å². The number of fused-ring (bicyclic) bond motifs is 2. The molecule has 6 heteroatoms. The number of benzene rings is 3. The van der Waals surface area contributed by atoms with Crippen molar-refractivity contribution in [3.05, 3.63) is 89.6 Å². The van der Waals surface area contributed by atoms with Crippen LogP contribution in [0.3, 0.4) is 0 Å². The molecule has 1 aliphatic heterocycles. The maximum Gasteiger partial charge on any atom is 0.308 e. The number of rotatable bonds is 5. The van der Waals surface area contributed by atoms with Crippen molar-refractivity contribution < 1.29 is 23.8 Å². The Balaban J connectivity index is 1.31. The Hall–Kier alpha value is -4.06. The molecule has 0 amide bonds. The molecule has 4 aromatic rings. The van der Waals surface area contributed by atoms with Crippen LogP contribution in [0.4, 0.5) is 0 Å². The number of para-hydroxylation sites is 1. The molecule has 0 saturated heterocycles. The smallest absolute Gasteiger partial charge is 0.308 e. The minimum Gasteiger partial charge on any atom is -0.490 e. The van der Waals surface area contributed by atoms with Crippen LogP contribution in [0.1, 0.15) is 28.5 Å². The summed E-state index contributed by atoms with van der Waals surface area (Å²) in [6.45, 7) is 3.64. The van der Waals surface area contributed by atoms with Crippen LogP contribution in [-0.4, -0.2) is 29.2 Å². The number of hydrogen-bond donors (Lipinski definition) is 0. The molecule has 0 radical (unpaired) electrons. The van der Waals surface area contributed by atoms with E-state index >= 15 is 0 Å². The van der Waals surface area contributed by atoms with Crippen molar-refractivity contribution in [1.82, 2.24) is 4.57 Å². The third-order valence-corrected chi connectivity index (χ3v) is 5.70. The lowest BCUT2D eigenvalue weighted by Crippen LogP contribution is -2.22. The van der Waals surface area contributed by atoms with Gasteiger partial charge in [0.2, 0.25) is 0 Å². The van der Waals surface area contributed by atoms with E-state index in [1.54, 1.807) is 41.0 Å². The van der Waals surface area contributed by atoms with E-state index in [-0.39, 0.29) is 12.0 Å². The summed E-state index contributed by atoms with van der Waals surface area (Å²) in [5.41, 5.74) is 3.17. The second-order valence-electron chi connectivity index (χ2n) is 8.10. The molecule has 1 aromatic heterocycles. The molecule has 0 spiro atoms. The largest absolute Gasteiger partial charge is 0.490 e. The molecule has 5 rings (SSSR count). The topological polar surface area (TPSA) is 66.8 Å². The average Bonchev–Trinajstić information content (AvgIpc) is 3.38. The fraction of sp³-hybridized carbons (Fsp3) is 0.185. The van der Waals surface area contributed by atoms with Gasteiger partial charge in [-0.15, -0.1) is 0 Å². The molecule has 0 bridgehead atoms. The quantitative estimate of drug-likeness (QED) is 0.324. The highest BCUT2D eigenvalue weighted by atomic mass is 16.5. The SMILES string of the molecule is CC(=O)Oc1cccc2c1cc(C)n2C(=O)c1ccc(OC[C@@H]2Cc3ccccc3O2)cc1. The first-order valence-electron chi connectivity index (χ1n) is 10.8. The van der Waals surface area contributed by atoms with E-state index in [0.29, 0.717) is 29.2 Å². The summed E-state index contributed by atoms with van der Waals surface area (Å²) in [7, 11) is 0. The molecule has 0 saturated carbocycles. The predicted molar refractivity (Wildman–Crippen MR) is 124 cm³/mol. The number of aryl methyl sites for hydroxylation is 1. The first kappa shape index (κ1) is 20.8. The number of aromatic nitrogens is 1. The van der Waals surface area contributed by atoms with E-state index in [1.807, 2.05) is 37.3 Å². The van der Waals surface area contributed by atoms with Crippen molar-refractivity contribution >= 4 is 22.8 Å². The van der Waals surface area contributed by atoms with Crippen LogP contribution in [0.15, 0.2) is 72.8 Å². The number of carbonyl (C=O) groups is 2. The monoisotopic (exact) mass is 441 g/mol. The van der Waals surface area contributed by atoms with Gasteiger partial charge in [-0.1, -0.05) is 24.3 Å². The third-order valence-electron chi connectivity index (χ3n) is 5.70. The maximum absolute atomic E-state index is 13.3. The Morgan fingerprint density at radius 1 is 1.03 bits per heavy atom. The van der Waals surface area contributed by atoms with Crippen molar-refractivity contribution in [3.63, 3.8) is 0 Å². The lowest BCUT2D eigenvalue weighted by atomic mass is 10.1. The molecule has 1 aliphatic rings. The second kappa shape index (κ2) is 8.47. The summed E-state index contributed by atoms with van der Waals surface area (Å²) >= 11 is 0. The van der Waals surface area contributed by atoms with Crippen LogP contribution in [0.5, 0.6) is 17.2 Å². The van der Waals surface area contributed by atoms with E-state index in [2.05, 4.69) is 6.07 Å². The summed E-state index contributed by atoms with van der Waals surface area (Å²) < 4.78 is 18.7. The molecule has 166 valence electrons. The molecule has 2 heterocycles. The van der Waals surface area contributed by atoms with Gasteiger partial charge in [-0.05, 0) is 61.0 Å². The summed E-state index contributed by atoms with van der Waals surface area (Å²) in [5.74, 6) is 1.47. The average molecular weight is 441 g/mol. The molecule has 0 fully saturated rings. The van der Waals surface area contributed by atoms with Gasteiger partial charge in [0, 0.05) is 30.0 Å². The van der Waals surface area contributed by atoms with Crippen LogP contribution in [0.25, 0.3) is 10.9 Å². The summed E-state index contributed by atoms with van der Waals surface area (Å²) in [4.78, 5) is 24.7. The fourth-order valence-corrected chi connectivity index (χ4v) is 4.21. The summed E-state index contributed by atoms with van der Waals surface area (Å²) in [5, 5.41) is 0.719. The van der Waals surface area contributed by atoms with E-state index in [9.17, 15) is 9.59 Å². The molecule has 0 unspecified atom stereocenters. The molecule has 1 atom stereocenters. The molecular weight excluding hydrogens is 418 g/mol. The standard InChI is InChI=1S/C27H23NO5/c1-17-14-23-24(7-5-9-26(23)32-18(2)29)28(17)27(30)19-10-12-21(13-11-19)31-16-22-15-20-6-3-4-8-25(20)33-22/h3-14,22H,15-16H2,1-2H3/t22-/m0/s1. The Morgan fingerprint density at radius 2 is 1.82 bits per heavy atom. The van der Waals surface area contributed by atoms with Crippen molar-refractivity contribution in [2.24, 2.45) is 0 Å². The Morgan fingerprint density at radius 3 is 2.58 bits per heavy atom. The van der Waals surface area contributed by atoms with Gasteiger partial charge in [-0.25, -0.2) is 0 Å². The van der Waals surface area contributed by atoms with Gasteiger partial charge in [0.25, 0.3) is 5.91 Å². The lowest BCUT2D eigenvalue weighted by Gasteiger charge is -2.13. The number of nitrogens with zero attached hydrogens (tertiary/aromatic N) is 1. The van der Waals surface area contributed by atoms with Crippen LogP contribution < -0.4 is 14.2 Å². The van der Waals surface area contributed by atoms with Gasteiger partial charge in [0.1, 0.15) is 30.0 Å². The lowest BCUT2D eigenvalue weighted by molar-refractivity contribution is -0.131. The molecule has 33 heavy (non-hydrogen) atoms. The minimum atomic E-state index is -0.401. The third kappa shape index (κ3) is 4.07. The highest BCUT2D eigenvalue weighted by molar-refractivity contribution is 6.04. The fourth-order valence-electron chi connectivity index (χ4n) is 4.21. The normalized spacial score (nSPS) is 14.5. The van der Waals surface area contributed by atoms with Crippen LogP contribution in [-0.2, 0) is 11.2 Å². The molecule has 0 aliphatic carbocycles. The van der Waals surface area contributed by atoms with Gasteiger partial charge >= 0.3 is 5.97 Å². The van der Waals surface area contributed by atoms with E-state index in [4.69, 9.17) is 14.2 Å². The Bertz CT molecular complexity index is 1330. The second-order valence-corrected chi connectivity index (χ2v) is 8.10. The van der Waals surface area contributed by atoms with Gasteiger partial charge in [-0.2, -0.15) is 0 Å². The Labute approximate surface area is 191 Å². The highest BCUT2D eigenvalue weighted by Crippen LogP contribution is 2.30. The number of esters is 1. The molecule has 3 aromatic carbocycles. The van der Waals surface area contributed by atoms with Crippen molar-refractivity contribution in [1.29, 1.82) is 0 Å². The zero-order chi connectivity index (χ0) is 22.9. The molecule has 6 nitrogen and oxygen atoms in total. The summed E-state index contributed by atoms with van der Waals surface area (Å²) in [6.07, 6.45) is 0.797. The van der Waals surface area contributed by atoms with Crippen molar-refractivity contribution in [2.45, 2.75) is 26.4 Å². The highest BCUT2D eigenvalue weighted by Gasteiger charge is 2.23. The van der Waals surface area contributed by atoms with E-state index < -0.39 is 5.97 Å². The van der Waals surface area contributed by atoms with Gasteiger partial charge < -0.3 is 14.2 Å². The molecule has 0 N–H and O–H groups in total.